The van der Waals surface area contributed by atoms with Crippen molar-refractivity contribution in [1.29, 1.82) is 0 Å². The lowest BCUT2D eigenvalue weighted by molar-refractivity contribution is -0.140. The van der Waals surface area contributed by atoms with Crippen molar-refractivity contribution in [3.05, 3.63) is 131 Å². The Morgan fingerprint density at radius 1 is 0.841 bits per heavy atom. The highest BCUT2D eigenvalue weighted by atomic mass is 35.5. The summed E-state index contributed by atoms with van der Waals surface area (Å²) in [6, 6.07) is 30.5. The predicted molar refractivity (Wildman–Crippen MR) is 176 cm³/mol. The van der Waals surface area contributed by atoms with Crippen LogP contribution in [0.3, 0.4) is 0 Å². The molecule has 0 heterocycles. The normalized spacial score (nSPS) is 12.6. The van der Waals surface area contributed by atoms with Crippen LogP contribution in [0, 0.1) is 6.92 Å². The summed E-state index contributed by atoms with van der Waals surface area (Å²) in [5, 5.41) is 3.48. The summed E-state index contributed by atoms with van der Waals surface area (Å²) in [7, 11) is -4.15. The third-order valence-corrected chi connectivity index (χ3v) is 9.66. The molecule has 0 aliphatic heterocycles. The predicted octanol–water partition coefficient (Wildman–Crippen LogP) is 6.40. The molecule has 0 saturated heterocycles. The van der Waals surface area contributed by atoms with Crippen molar-refractivity contribution in [2.75, 3.05) is 10.8 Å². The number of para-hydroxylation sites is 1. The van der Waals surface area contributed by atoms with Gasteiger partial charge in [-0.25, -0.2) is 8.42 Å². The second-order valence-electron chi connectivity index (χ2n) is 10.8. The van der Waals surface area contributed by atoms with Crippen LogP contribution >= 0.6 is 11.6 Å². The molecule has 0 aliphatic carbocycles. The number of hydrogen-bond acceptors (Lipinski definition) is 4. The van der Waals surface area contributed by atoms with Gasteiger partial charge < -0.3 is 10.2 Å². The topological polar surface area (TPSA) is 86.8 Å². The lowest BCUT2D eigenvalue weighted by atomic mass is 10.0. The number of nitrogens with one attached hydrogen (secondary N) is 1. The van der Waals surface area contributed by atoms with E-state index in [1.165, 1.54) is 17.0 Å². The number of amides is 2. The molecule has 2 amide bonds. The van der Waals surface area contributed by atoms with Crippen LogP contribution in [0.1, 0.15) is 37.0 Å². The molecule has 4 rings (SSSR count). The Morgan fingerprint density at radius 3 is 2.05 bits per heavy atom. The summed E-state index contributed by atoms with van der Waals surface area (Å²) in [6.45, 7) is 5.24. The Labute approximate surface area is 265 Å². The highest BCUT2D eigenvalue weighted by molar-refractivity contribution is 7.92. The Kier molecular flexibility index (Phi) is 11.2. The fourth-order valence-electron chi connectivity index (χ4n) is 4.77. The summed E-state index contributed by atoms with van der Waals surface area (Å²) in [6.07, 6.45) is 0.939. The fourth-order valence-corrected chi connectivity index (χ4v) is 6.38. The Morgan fingerprint density at radius 2 is 1.43 bits per heavy atom. The first-order valence-electron chi connectivity index (χ1n) is 14.6. The summed E-state index contributed by atoms with van der Waals surface area (Å²) >= 11 is 6.55. The molecule has 0 radical (unpaired) electrons. The number of rotatable bonds is 13. The van der Waals surface area contributed by atoms with E-state index in [1.54, 1.807) is 60.7 Å². The number of carbonyl (C=O) groups is 2. The van der Waals surface area contributed by atoms with E-state index >= 15 is 0 Å². The van der Waals surface area contributed by atoms with Crippen molar-refractivity contribution in [1.82, 2.24) is 10.2 Å². The minimum Gasteiger partial charge on any atom is -0.352 e. The summed E-state index contributed by atoms with van der Waals surface area (Å²) in [4.78, 5) is 29.9. The quantitative estimate of drug-likeness (QED) is 0.185. The zero-order chi connectivity index (χ0) is 31.7. The monoisotopic (exact) mass is 631 g/mol. The molecule has 0 fully saturated rings. The van der Waals surface area contributed by atoms with Crippen LogP contribution in [0.2, 0.25) is 5.02 Å². The lowest BCUT2D eigenvalue weighted by Gasteiger charge is -2.34. The minimum absolute atomic E-state index is 0.0111. The van der Waals surface area contributed by atoms with Crippen LogP contribution in [0.25, 0.3) is 0 Å². The van der Waals surface area contributed by atoms with Gasteiger partial charge in [-0.05, 0) is 61.7 Å². The Hall–Kier alpha value is -4.14. The van der Waals surface area contributed by atoms with E-state index in [0.717, 1.165) is 15.4 Å². The molecular weight excluding hydrogens is 594 g/mol. The third kappa shape index (κ3) is 8.27. The van der Waals surface area contributed by atoms with Crippen molar-refractivity contribution in [3.8, 4) is 0 Å². The molecule has 44 heavy (non-hydrogen) atoms. The van der Waals surface area contributed by atoms with Crippen LogP contribution in [-0.2, 0) is 32.6 Å². The third-order valence-electron chi connectivity index (χ3n) is 7.50. The fraction of sp³-hybridized carbons (Fsp3) is 0.257. The number of halogens is 1. The molecule has 1 N–H and O–H groups in total. The van der Waals surface area contributed by atoms with Gasteiger partial charge in [0.15, 0.2) is 0 Å². The molecule has 0 aliphatic rings. The van der Waals surface area contributed by atoms with E-state index in [-0.39, 0.29) is 29.8 Å². The van der Waals surface area contributed by atoms with Crippen LogP contribution < -0.4 is 9.62 Å². The first-order valence-corrected chi connectivity index (χ1v) is 16.4. The first-order chi connectivity index (χ1) is 21.1. The van der Waals surface area contributed by atoms with Crippen LogP contribution in [-0.4, -0.2) is 43.8 Å². The first kappa shape index (κ1) is 32.8. The molecule has 2 atom stereocenters. The number of aryl methyl sites for hydroxylation is 1. The van der Waals surface area contributed by atoms with Crippen LogP contribution in [0.15, 0.2) is 114 Å². The van der Waals surface area contributed by atoms with Crippen molar-refractivity contribution in [3.63, 3.8) is 0 Å². The number of hydrogen-bond donors (Lipinski definition) is 1. The van der Waals surface area contributed by atoms with E-state index in [0.29, 0.717) is 22.7 Å². The number of anilines is 1. The molecule has 7 nitrogen and oxygen atoms in total. The second-order valence-corrected chi connectivity index (χ2v) is 13.1. The van der Waals surface area contributed by atoms with Gasteiger partial charge in [-0.3, -0.25) is 13.9 Å². The smallest absolute Gasteiger partial charge is 0.264 e. The molecule has 0 aromatic heterocycles. The highest BCUT2D eigenvalue weighted by Crippen LogP contribution is 2.26. The molecular formula is C35H38ClN3O4S. The zero-order valence-electron chi connectivity index (χ0n) is 25.2. The van der Waals surface area contributed by atoms with Gasteiger partial charge in [0, 0.05) is 24.0 Å². The molecule has 230 valence electrons. The molecule has 4 aromatic carbocycles. The average molecular weight is 632 g/mol. The number of sulfonamides is 1. The van der Waals surface area contributed by atoms with Crippen molar-refractivity contribution >= 4 is 39.1 Å². The molecule has 0 spiro atoms. The van der Waals surface area contributed by atoms with Crippen molar-refractivity contribution in [2.45, 2.75) is 57.1 Å². The summed E-state index contributed by atoms with van der Waals surface area (Å²) < 4.78 is 29.2. The highest BCUT2D eigenvalue weighted by Gasteiger charge is 2.35. The van der Waals surface area contributed by atoms with Gasteiger partial charge in [0.25, 0.3) is 10.0 Å². The van der Waals surface area contributed by atoms with Crippen molar-refractivity contribution in [2.24, 2.45) is 0 Å². The summed E-state index contributed by atoms with van der Waals surface area (Å²) in [5.74, 6) is -0.860. The van der Waals surface area contributed by atoms with Gasteiger partial charge in [-0.15, -0.1) is 0 Å². The van der Waals surface area contributed by atoms with E-state index in [9.17, 15) is 18.0 Å². The van der Waals surface area contributed by atoms with Gasteiger partial charge in [0.05, 0.1) is 10.6 Å². The lowest BCUT2D eigenvalue weighted by Crippen LogP contribution is -2.54. The molecule has 0 unspecified atom stereocenters. The van der Waals surface area contributed by atoms with Gasteiger partial charge in [-0.2, -0.15) is 0 Å². The van der Waals surface area contributed by atoms with E-state index in [4.69, 9.17) is 11.6 Å². The average Bonchev–Trinajstić information content (AvgIpc) is 3.03. The van der Waals surface area contributed by atoms with Gasteiger partial charge in [-0.1, -0.05) is 103 Å². The Bertz CT molecular complexity index is 1650. The van der Waals surface area contributed by atoms with E-state index < -0.39 is 28.5 Å². The van der Waals surface area contributed by atoms with Crippen LogP contribution in [0.4, 0.5) is 5.69 Å². The largest absolute Gasteiger partial charge is 0.352 e. The molecule has 0 saturated carbocycles. The summed E-state index contributed by atoms with van der Waals surface area (Å²) in [5.41, 5.74) is 2.75. The second kappa shape index (κ2) is 15.0. The van der Waals surface area contributed by atoms with Gasteiger partial charge in [0.2, 0.25) is 11.8 Å². The van der Waals surface area contributed by atoms with E-state index in [1.807, 2.05) is 57.2 Å². The maximum Gasteiger partial charge on any atom is 0.264 e. The number of nitrogens with zero attached hydrogens (tertiary/aromatic N) is 2. The minimum atomic E-state index is -4.15. The molecule has 9 heteroatoms. The molecule has 4 aromatic rings. The van der Waals surface area contributed by atoms with E-state index in [2.05, 4.69) is 5.32 Å². The van der Waals surface area contributed by atoms with Crippen molar-refractivity contribution < 1.29 is 18.0 Å². The number of carbonyl (C=O) groups excluding carboxylic acids is 2. The number of benzene rings is 4. The standard InChI is InChI=1S/C35H38ClN3O4S/c1-4-27(3)37-35(41)33(23-28-13-7-5-8-14-28)38(24-29-15-11-12-18-32(29)36)34(40)25-39(30-16-9-6-10-17-30)44(42,43)31-21-19-26(2)20-22-31/h5-22,27,33H,4,23-25H2,1-3H3,(H,37,41)/t27-,33+/m0/s1. The molecule has 0 bridgehead atoms. The SMILES string of the molecule is CC[C@H](C)NC(=O)[C@@H](Cc1ccccc1)N(Cc1ccccc1Cl)C(=O)CN(c1ccccc1)S(=O)(=O)c1ccc(C)cc1. The maximum absolute atomic E-state index is 14.5. The van der Waals surface area contributed by atoms with Gasteiger partial charge >= 0.3 is 0 Å². The Balaban J connectivity index is 1.80. The zero-order valence-corrected chi connectivity index (χ0v) is 26.8. The van der Waals surface area contributed by atoms with Gasteiger partial charge in [0.1, 0.15) is 12.6 Å². The maximum atomic E-state index is 14.5. The van der Waals surface area contributed by atoms with Crippen LogP contribution in [0.5, 0.6) is 0 Å².